The Labute approximate surface area is 232 Å². The van der Waals surface area contributed by atoms with E-state index in [-0.39, 0.29) is 16.6 Å². The van der Waals surface area contributed by atoms with Crippen molar-refractivity contribution in [2.45, 2.75) is 55.3 Å². The van der Waals surface area contributed by atoms with Crippen molar-refractivity contribution in [1.29, 1.82) is 0 Å². The summed E-state index contributed by atoms with van der Waals surface area (Å²) in [5.74, 6) is -0.0919. The van der Waals surface area contributed by atoms with Crippen molar-refractivity contribution >= 4 is 50.5 Å². The number of aliphatic hydroxyl groups is 1. The maximum Gasteiger partial charge on any atom is 0.404 e. The van der Waals surface area contributed by atoms with Gasteiger partial charge in [-0.15, -0.1) is 11.3 Å². The Morgan fingerprint density at radius 1 is 1.29 bits per heavy atom. The van der Waals surface area contributed by atoms with E-state index in [1.807, 2.05) is 11.9 Å². The summed E-state index contributed by atoms with van der Waals surface area (Å²) >= 11 is 13.8. The minimum atomic E-state index is -4.79. The Balaban J connectivity index is 1.63. The Morgan fingerprint density at radius 2 is 1.95 bits per heavy atom. The molecule has 2 fully saturated rings. The number of carbonyl (C=O) groups is 1. The van der Waals surface area contributed by atoms with Crippen molar-refractivity contribution in [3.05, 3.63) is 32.9 Å². The standard InChI is InChI=1S/C23H27Cl2F3N4O4S2/c1-12(23(26,27)28)31-38(35,36)16-7-6-14(17(24)18(16)25)19-15(8-13-4-3-5-13)30-21(37-19)20(33)29-9-22(34)10-32(2)11-22/h6-7,12-13,31,34H,3-5,8-11H2,1-2H3,(H,29,33)/t12-/m0/s1. The summed E-state index contributed by atoms with van der Waals surface area (Å²) in [5.41, 5.74) is -0.0800. The predicted octanol–water partition coefficient (Wildman–Crippen LogP) is 4.09. The maximum atomic E-state index is 12.9. The van der Waals surface area contributed by atoms with E-state index in [2.05, 4.69) is 10.3 Å². The molecule has 1 saturated heterocycles. The third kappa shape index (κ3) is 6.29. The highest BCUT2D eigenvalue weighted by Crippen LogP contribution is 2.43. The summed E-state index contributed by atoms with van der Waals surface area (Å²) in [5, 5.41) is 12.7. The molecule has 1 aliphatic heterocycles. The Kier molecular flexibility index (Phi) is 8.41. The minimum absolute atomic E-state index is 0.0610. The van der Waals surface area contributed by atoms with Gasteiger partial charge in [0.1, 0.15) is 16.5 Å². The van der Waals surface area contributed by atoms with Gasteiger partial charge >= 0.3 is 6.18 Å². The van der Waals surface area contributed by atoms with Gasteiger partial charge in [0, 0.05) is 25.2 Å². The highest BCUT2D eigenvalue weighted by atomic mass is 35.5. The van der Waals surface area contributed by atoms with Crippen LogP contribution in [0.15, 0.2) is 17.0 Å². The molecule has 1 atom stereocenters. The normalized spacial score (nSPS) is 19.1. The average Bonchev–Trinajstić information content (AvgIpc) is 3.18. The molecule has 1 amide bonds. The highest BCUT2D eigenvalue weighted by Gasteiger charge is 2.40. The SMILES string of the molecule is C[C@H](NS(=O)(=O)c1ccc(-c2sc(C(=O)NCC3(O)CN(C)C3)nc2CC2CCC2)c(Cl)c1Cl)C(F)(F)F. The van der Waals surface area contributed by atoms with Crippen molar-refractivity contribution in [3.63, 3.8) is 0 Å². The fraction of sp³-hybridized carbons (Fsp3) is 0.565. The van der Waals surface area contributed by atoms with Crippen LogP contribution in [0.4, 0.5) is 13.2 Å². The number of aromatic nitrogens is 1. The number of carbonyl (C=O) groups excluding carboxylic acids is 1. The molecule has 8 nitrogen and oxygen atoms in total. The van der Waals surface area contributed by atoms with Gasteiger partial charge in [-0.25, -0.2) is 13.4 Å². The van der Waals surface area contributed by atoms with Crippen LogP contribution < -0.4 is 10.0 Å². The molecule has 3 N–H and O–H groups in total. The second-order valence-corrected chi connectivity index (χ2v) is 13.4. The van der Waals surface area contributed by atoms with Crippen LogP contribution in [0.2, 0.25) is 10.0 Å². The molecule has 15 heteroatoms. The lowest BCUT2D eigenvalue weighted by atomic mass is 9.82. The van der Waals surface area contributed by atoms with Gasteiger partial charge in [-0.2, -0.15) is 17.9 Å². The number of halogens is 5. The van der Waals surface area contributed by atoms with Gasteiger partial charge in [0.15, 0.2) is 5.01 Å². The number of rotatable bonds is 9. The smallest absolute Gasteiger partial charge is 0.385 e. The van der Waals surface area contributed by atoms with Crippen molar-refractivity contribution < 1.29 is 31.5 Å². The number of alkyl halides is 3. The lowest BCUT2D eigenvalue weighted by Crippen LogP contribution is -2.64. The topological polar surface area (TPSA) is 112 Å². The highest BCUT2D eigenvalue weighted by molar-refractivity contribution is 7.89. The zero-order valence-electron chi connectivity index (χ0n) is 20.5. The molecule has 2 heterocycles. The van der Waals surface area contributed by atoms with Gasteiger partial charge in [-0.1, -0.05) is 48.5 Å². The molecule has 38 heavy (non-hydrogen) atoms. The fourth-order valence-corrected chi connectivity index (χ4v) is 7.63. The molecule has 1 aromatic carbocycles. The van der Waals surface area contributed by atoms with E-state index in [0.29, 0.717) is 48.5 Å². The molecule has 0 radical (unpaired) electrons. The molecule has 0 unspecified atom stereocenters. The number of β-amino-alcohol motifs (C(OH)–C–C–N with tert-alkyl or cyclic N) is 1. The van der Waals surface area contributed by atoms with Crippen LogP contribution in [-0.2, 0) is 16.4 Å². The van der Waals surface area contributed by atoms with Crippen LogP contribution >= 0.6 is 34.5 Å². The molecular weight excluding hydrogens is 588 g/mol. The van der Waals surface area contributed by atoms with E-state index >= 15 is 0 Å². The average molecular weight is 616 g/mol. The summed E-state index contributed by atoms with van der Waals surface area (Å²) in [6, 6.07) is 0.106. The van der Waals surface area contributed by atoms with E-state index in [4.69, 9.17) is 23.2 Å². The first kappa shape index (κ1) is 29.5. The summed E-state index contributed by atoms with van der Waals surface area (Å²) in [6.07, 6.45) is -1.11. The number of nitrogens with one attached hydrogen (secondary N) is 2. The van der Waals surface area contributed by atoms with E-state index in [1.54, 1.807) is 4.72 Å². The van der Waals surface area contributed by atoms with Crippen LogP contribution in [0.3, 0.4) is 0 Å². The lowest BCUT2D eigenvalue weighted by molar-refractivity contribution is -0.147. The first-order valence-electron chi connectivity index (χ1n) is 11.9. The van der Waals surface area contributed by atoms with Crippen LogP contribution in [0, 0.1) is 5.92 Å². The predicted molar refractivity (Wildman–Crippen MR) is 139 cm³/mol. The zero-order chi connectivity index (χ0) is 28.0. The second kappa shape index (κ2) is 10.8. The van der Waals surface area contributed by atoms with E-state index < -0.39 is 43.7 Å². The maximum absolute atomic E-state index is 12.9. The molecule has 0 spiro atoms. The Bertz CT molecular complexity index is 1330. The second-order valence-electron chi connectivity index (χ2n) is 10.00. The van der Waals surface area contributed by atoms with Crippen molar-refractivity contribution in [3.8, 4) is 10.4 Å². The molecule has 1 aliphatic carbocycles. The lowest BCUT2D eigenvalue weighted by Gasteiger charge is -2.44. The molecule has 4 rings (SSSR count). The number of benzene rings is 1. The quantitative estimate of drug-likeness (QED) is 0.392. The van der Waals surface area contributed by atoms with Crippen LogP contribution in [0.5, 0.6) is 0 Å². The number of thiazole rings is 1. The molecule has 1 aromatic heterocycles. The molecule has 2 aliphatic rings. The third-order valence-corrected chi connectivity index (χ3v) is 10.4. The largest absolute Gasteiger partial charge is 0.404 e. The number of likely N-dealkylation sites (N-methyl/N-ethyl adjacent to an activating group) is 1. The number of sulfonamides is 1. The summed E-state index contributed by atoms with van der Waals surface area (Å²) in [7, 11) is -2.78. The molecular formula is C23H27Cl2F3N4O4S2. The van der Waals surface area contributed by atoms with E-state index in [1.165, 1.54) is 6.07 Å². The van der Waals surface area contributed by atoms with Gasteiger partial charge in [-0.3, -0.25) is 4.79 Å². The molecule has 1 saturated carbocycles. The van der Waals surface area contributed by atoms with Gasteiger partial charge in [0.2, 0.25) is 10.0 Å². The van der Waals surface area contributed by atoms with E-state index in [0.717, 1.165) is 36.7 Å². The van der Waals surface area contributed by atoms with Crippen LogP contribution in [-0.4, -0.2) is 73.8 Å². The van der Waals surface area contributed by atoms with Gasteiger partial charge in [-0.05, 0) is 32.4 Å². The van der Waals surface area contributed by atoms with Crippen molar-refractivity contribution in [1.82, 2.24) is 19.9 Å². The molecule has 2 aromatic rings. The van der Waals surface area contributed by atoms with Crippen molar-refractivity contribution in [2.24, 2.45) is 5.92 Å². The van der Waals surface area contributed by atoms with Crippen LogP contribution in [0.25, 0.3) is 10.4 Å². The number of nitrogens with zero attached hydrogens (tertiary/aromatic N) is 2. The van der Waals surface area contributed by atoms with Crippen molar-refractivity contribution in [2.75, 3.05) is 26.7 Å². The number of likely N-dealkylation sites (tertiary alicyclic amines) is 1. The Hall–Kier alpha value is -1.48. The summed E-state index contributed by atoms with van der Waals surface area (Å²) in [6.45, 7) is 1.61. The van der Waals surface area contributed by atoms with E-state index in [9.17, 15) is 31.5 Å². The number of hydrogen-bond donors (Lipinski definition) is 3. The van der Waals surface area contributed by atoms with Gasteiger partial charge in [0.05, 0.1) is 20.6 Å². The van der Waals surface area contributed by atoms with Crippen LogP contribution in [0.1, 0.15) is 41.7 Å². The summed E-state index contributed by atoms with van der Waals surface area (Å²) < 4.78 is 65.6. The first-order valence-corrected chi connectivity index (χ1v) is 14.9. The molecule has 210 valence electrons. The summed E-state index contributed by atoms with van der Waals surface area (Å²) in [4.78, 5) is 19.3. The third-order valence-electron chi connectivity index (χ3n) is 6.71. The fourth-order valence-electron chi connectivity index (χ4n) is 4.44. The number of amides is 1. The zero-order valence-corrected chi connectivity index (χ0v) is 23.7. The number of hydrogen-bond acceptors (Lipinski definition) is 7. The van der Waals surface area contributed by atoms with Gasteiger partial charge < -0.3 is 15.3 Å². The Morgan fingerprint density at radius 3 is 2.50 bits per heavy atom. The monoisotopic (exact) mass is 614 g/mol. The first-order chi connectivity index (χ1) is 17.6. The minimum Gasteiger partial charge on any atom is -0.385 e. The van der Waals surface area contributed by atoms with Gasteiger partial charge in [0.25, 0.3) is 5.91 Å². The molecule has 0 bridgehead atoms.